The molecule has 3 nitrogen and oxygen atoms in total. The Balaban J connectivity index is 2.81. The quantitative estimate of drug-likeness (QED) is 0.899. The summed E-state index contributed by atoms with van der Waals surface area (Å²) in [6, 6.07) is 4.29. The fourth-order valence-corrected chi connectivity index (χ4v) is 1.27. The molecule has 0 bridgehead atoms. The van der Waals surface area contributed by atoms with Gasteiger partial charge < -0.3 is 10.4 Å². The summed E-state index contributed by atoms with van der Waals surface area (Å²) in [6.45, 7) is 3.87. The molecule has 1 amide bonds. The average molecular weight is 291 g/mol. The lowest BCUT2D eigenvalue weighted by molar-refractivity contribution is 0.0955. The number of benzene rings is 1. The lowest BCUT2D eigenvalue weighted by Gasteiger charge is -2.06. The van der Waals surface area contributed by atoms with Crippen molar-refractivity contribution in [2.24, 2.45) is 0 Å². The van der Waals surface area contributed by atoms with E-state index in [2.05, 4.69) is 27.8 Å². The number of nitrogens with one attached hydrogen (secondary N) is 1. The van der Waals surface area contributed by atoms with Gasteiger partial charge >= 0.3 is 0 Å². The molecule has 0 aliphatic carbocycles. The molecule has 0 aliphatic heterocycles. The summed E-state index contributed by atoms with van der Waals surface area (Å²) in [5, 5.41) is 12.4. The topological polar surface area (TPSA) is 49.3 Å². The second kappa shape index (κ2) is 5.19. The number of hydrogen-bond donors (Lipinski definition) is 2. The minimum Gasteiger partial charge on any atom is -0.507 e. The van der Waals surface area contributed by atoms with Crippen molar-refractivity contribution in [3.05, 3.63) is 39.8 Å². The predicted octanol–water partition coefficient (Wildman–Crippen LogP) is 2.68. The molecule has 15 heavy (non-hydrogen) atoms. The molecule has 0 radical (unpaired) electrons. The summed E-state index contributed by atoms with van der Waals surface area (Å²) in [5.41, 5.74) is 0.149. The van der Waals surface area contributed by atoms with E-state index in [9.17, 15) is 9.90 Å². The van der Waals surface area contributed by atoms with Gasteiger partial charge in [0, 0.05) is 16.0 Å². The number of rotatable bonds is 3. The van der Waals surface area contributed by atoms with E-state index in [1.807, 2.05) is 0 Å². The van der Waals surface area contributed by atoms with Crippen LogP contribution >= 0.6 is 27.5 Å². The zero-order chi connectivity index (χ0) is 11.4. The molecule has 0 saturated carbocycles. The van der Waals surface area contributed by atoms with Gasteiger partial charge in [0.1, 0.15) is 5.75 Å². The predicted molar refractivity (Wildman–Crippen MR) is 63.5 cm³/mol. The van der Waals surface area contributed by atoms with Crippen LogP contribution in [0.4, 0.5) is 0 Å². The number of carbonyl (C=O) groups excluding carboxylic acids is 1. The number of carbonyl (C=O) groups is 1. The van der Waals surface area contributed by atoms with Crippen molar-refractivity contribution < 1.29 is 9.90 Å². The second-order valence-corrected chi connectivity index (χ2v) is 4.42. The van der Waals surface area contributed by atoms with Crippen LogP contribution in [0.25, 0.3) is 0 Å². The molecular weight excluding hydrogens is 281 g/mol. The van der Waals surface area contributed by atoms with E-state index >= 15 is 0 Å². The molecule has 2 N–H and O–H groups in total. The largest absolute Gasteiger partial charge is 0.507 e. The highest BCUT2D eigenvalue weighted by Gasteiger charge is 2.10. The van der Waals surface area contributed by atoms with Gasteiger partial charge in [0.25, 0.3) is 5.91 Å². The maximum Gasteiger partial charge on any atom is 0.255 e. The van der Waals surface area contributed by atoms with Crippen molar-refractivity contribution >= 4 is 33.4 Å². The lowest BCUT2D eigenvalue weighted by atomic mass is 10.2. The first-order valence-corrected chi connectivity index (χ1v) is 5.28. The SMILES string of the molecule is C=C(Br)CNC(=O)c1cc(Cl)ccc1O. The molecule has 1 aromatic carbocycles. The van der Waals surface area contributed by atoms with Crippen molar-refractivity contribution in [1.29, 1.82) is 0 Å². The molecule has 0 saturated heterocycles. The van der Waals surface area contributed by atoms with Crippen LogP contribution < -0.4 is 5.32 Å². The first-order valence-electron chi connectivity index (χ1n) is 4.10. The van der Waals surface area contributed by atoms with E-state index in [-0.39, 0.29) is 11.3 Å². The molecule has 0 unspecified atom stereocenters. The third-order valence-electron chi connectivity index (χ3n) is 1.64. The van der Waals surface area contributed by atoms with Crippen molar-refractivity contribution in [2.75, 3.05) is 6.54 Å². The Bertz CT molecular complexity index is 406. The summed E-state index contributed by atoms with van der Waals surface area (Å²) < 4.78 is 0.650. The molecule has 0 fully saturated rings. The van der Waals surface area contributed by atoms with Gasteiger partial charge in [-0.25, -0.2) is 0 Å². The zero-order valence-electron chi connectivity index (χ0n) is 7.76. The van der Waals surface area contributed by atoms with Crippen LogP contribution in [0.3, 0.4) is 0 Å². The number of aromatic hydroxyl groups is 1. The monoisotopic (exact) mass is 289 g/mol. The van der Waals surface area contributed by atoms with Gasteiger partial charge in [-0.05, 0) is 18.2 Å². The third-order valence-corrected chi connectivity index (χ3v) is 2.16. The average Bonchev–Trinajstić information content (AvgIpc) is 2.18. The van der Waals surface area contributed by atoms with E-state index in [0.29, 0.717) is 16.0 Å². The molecule has 0 spiro atoms. The lowest BCUT2D eigenvalue weighted by Crippen LogP contribution is -2.24. The van der Waals surface area contributed by atoms with Gasteiger partial charge in [-0.15, -0.1) is 0 Å². The fourth-order valence-electron chi connectivity index (χ4n) is 0.962. The highest BCUT2D eigenvalue weighted by atomic mass is 79.9. The molecule has 0 heterocycles. The second-order valence-electron chi connectivity index (χ2n) is 2.86. The smallest absolute Gasteiger partial charge is 0.255 e. The van der Waals surface area contributed by atoms with Gasteiger partial charge in [0.15, 0.2) is 0 Å². The summed E-state index contributed by atoms with van der Waals surface area (Å²) in [5.74, 6) is -0.493. The van der Waals surface area contributed by atoms with E-state index in [0.717, 1.165) is 0 Å². The fraction of sp³-hybridized carbons (Fsp3) is 0.100. The molecule has 0 aromatic heterocycles. The van der Waals surface area contributed by atoms with Crippen LogP contribution in [0.1, 0.15) is 10.4 Å². The van der Waals surface area contributed by atoms with E-state index in [1.165, 1.54) is 18.2 Å². The molecular formula is C10H9BrClNO2. The number of amides is 1. The number of phenols is 1. The summed E-state index contributed by atoms with van der Waals surface area (Å²) in [6.07, 6.45) is 0. The first-order chi connectivity index (χ1) is 7.00. The molecule has 5 heteroatoms. The van der Waals surface area contributed by atoms with E-state index < -0.39 is 5.91 Å². The van der Waals surface area contributed by atoms with Crippen molar-refractivity contribution in [3.8, 4) is 5.75 Å². The summed E-state index contributed by atoms with van der Waals surface area (Å²) >= 11 is 8.82. The number of phenolic OH excluding ortho intramolecular Hbond substituents is 1. The van der Waals surface area contributed by atoms with Gasteiger partial charge in [0.05, 0.1) is 5.56 Å². The Morgan fingerprint density at radius 3 is 2.87 bits per heavy atom. The molecule has 80 valence electrons. The Hall–Kier alpha value is -1.00. The highest BCUT2D eigenvalue weighted by molar-refractivity contribution is 9.11. The maximum absolute atomic E-state index is 11.5. The minimum atomic E-state index is -0.393. The maximum atomic E-state index is 11.5. The number of halogens is 2. The van der Waals surface area contributed by atoms with Crippen LogP contribution in [-0.4, -0.2) is 17.6 Å². The van der Waals surface area contributed by atoms with Gasteiger partial charge in [-0.2, -0.15) is 0 Å². The summed E-state index contributed by atoms with van der Waals surface area (Å²) in [4.78, 5) is 11.5. The van der Waals surface area contributed by atoms with Crippen LogP contribution in [0.5, 0.6) is 5.75 Å². The molecule has 0 atom stereocenters. The Labute approximate surface area is 101 Å². The Morgan fingerprint density at radius 2 is 2.27 bits per heavy atom. The summed E-state index contributed by atoms with van der Waals surface area (Å²) in [7, 11) is 0. The van der Waals surface area contributed by atoms with Crippen LogP contribution in [0, 0.1) is 0 Å². The third kappa shape index (κ3) is 3.57. The highest BCUT2D eigenvalue weighted by Crippen LogP contribution is 2.21. The van der Waals surface area contributed by atoms with Crippen molar-refractivity contribution in [3.63, 3.8) is 0 Å². The van der Waals surface area contributed by atoms with Gasteiger partial charge in [-0.1, -0.05) is 34.1 Å². The Kier molecular flexibility index (Phi) is 4.17. The standard InChI is InChI=1S/C10H9BrClNO2/c1-6(11)5-13-10(15)8-4-7(12)2-3-9(8)14/h2-4,14H,1,5H2,(H,13,15). The van der Waals surface area contributed by atoms with Crippen molar-refractivity contribution in [1.82, 2.24) is 5.32 Å². The van der Waals surface area contributed by atoms with Crippen LogP contribution in [0.15, 0.2) is 29.3 Å². The molecule has 1 aromatic rings. The normalized spacial score (nSPS) is 9.73. The Morgan fingerprint density at radius 1 is 1.60 bits per heavy atom. The van der Waals surface area contributed by atoms with Gasteiger partial charge in [0.2, 0.25) is 0 Å². The minimum absolute atomic E-state index is 0.0999. The van der Waals surface area contributed by atoms with Gasteiger partial charge in [-0.3, -0.25) is 4.79 Å². The van der Waals surface area contributed by atoms with E-state index in [4.69, 9.17) is 11.6 Å². The zero-order valence-corrected chi connectivity index (χ0v) is 10.1. The van der Waals surface area contributed by atoms with Crippen molar-refractivity contribution in [2.45, 2.75) is 0 Å². The first kappa shape index (κ1) is 12.1. The molecule has 0 aliphatic rings. The number of hydrogen-bond acceptors (Lipinski definition) is 2. The van der Waals surface area contributed by atoms with E-state index in [1.54, 1.807) is 0 Å². The molecule has 1 rings (SSSR count). The van der Waals surface area contributed by atoms with Crippen LogP contribution in [0.2, 0.25) is 5.02 Å². The van der Waals surface area contributed by atoms with Crippen LogP contribution in [-0.2, 0) is 0 Å².